The monoisotopic (exact) mass is 255 g/mol. The lowest BCUT2D eigenvalue weighted by Crippen LogP contribution is -2.14. The second-order valence-corrected chi connectivity index (χ2v) is 5.02. The molecule has 0 aliphatic heterocycles. The first-order valence-electron chi connectivity index (χ1n) is 7.15. The third-order valence-corrected chi connectivity index (χ3v) is 3.66. The average molecular weight is 255 g/mol. The summed E-state index contributed by atoms with van der Waals surface area (Å²) in [6.07, 6.45) is 5.94. The maximum Gasteiger partial charge on any atom is 0.166 e. The minimum atomic E-state index is 0.154. The molecular formula is C17H21NO. The van der Waals surface area contributed by atoms with Gasteiger partial charge in [-0.05, 0) is 25.0 Å². The molecule has 0 saturated heterocycles. The molecule has 1 heterocycles. The van der Waals surface area contributed by atoms with E-state index in [0.29, 0.717) is 0 Å². The number of pyridine rings is 1. The van der Waals surface area contributed by atoms with E-state index in [1.54, 1.807) is 6.20 Å². The van der Waals surface area contributed by atoms with Gasteiger partial charge in [-0.3, -0.25) is 9.78 Å². The number of unbranched alkanes of at least 4 members (excludes halogenated alkanes) is 1. The summed E-state index contributed by atoms with van der Waals surface area (Å²) in [6.45, 7) is 4.26. The maximum absolute atomic E-state index is 12.5. The highest BCUT2D eigenvalue weighted by Gasteiger charge is 2.17. The number of hydrogen-bond acceptors (Lipinski definition) is 2. The third-order valence-electron chi connectivity index (χ3n) is 3.66. The Morgan fingerprint density at radius 3 is 2.84 bits per heavy atom. The average Bonchev–Trinajstić information content (AvgIpc) is 2.47. The van der Waals surface area contributed by atoms with Gasteiger partial charge in [-0.25, -0.2) is 0 Å². The first-order valence-corrected chi connectivity index (χ1v) is 7.15. The summed E-state index contributed by atoms with van der Waals surface area (Å²) in [5, 5.41) is 1.08. The Bertz CT molecular complexity index is 562. The number of fused-ring (bicyclic) bond motifs is 1. The number of hydrogen-bond donors (Lipinski definition) is 0. The number of Topliss-reactive ketones (excluding diaryl/α,β-unsaturated/α-hetero) is 1. The van der Waals surface area contributed by atoms with Crippen molar-refractivity contribution in [2.45, 2.75) is 39.5 Å². The van der Waals surface area contributed by atoms with Crippen molar-refractivity contribution in [1.29, 1.82) is 0 Å². The summed E-state index contributed by atoms with van der Waals surface area (Å²) in [5.74, 6) is 0.421. The molecule has 2 aromatic rings. The number of aromatic nitrogens is 1. The molecule has 2 nitrogen and oxygen atoms in total. The van der Waals surface area contributed by atoms with E-state index in [4.69, 9.17) is 0 Å². The molecule has 0 aliphatic carbocycles. The lowest BCUT2D eigenvalue weighted by Gasteiger charge is -2.13. The van der Waals surface area contributed by atoms with Gasteiger partial charge in [-0.15, -0.1) is 0 Å². The van der Waals surface area contributed by atoms with E-state index in [-0.39, 0.29) is 11.7 Å². The summed E-state index contributed by atoms with van der Waals surface area (Å²) in [5.41, 5.74) is 1.70. The maximum atomic E-state index is 12.5. The Morgan fingerprint density at radius 2 is 2.11 bits per heavy atom. The minimum Gasteiger partial charge on any atom is -0.294 e. The first-order chi connectivity index (χ1) is 9.26. The van der Waals surface area contributed by atoms with Crippen LogP contribution in [0.4, 0.5) is 0 Å². The summed E-state index contributed by atoms with van der Waals surface area (Å²) >= 11 is 0. The third kappa shape index (κ3) is 3.19. The van der Waals surface area contributed by atoms with Crippen molar-refractivity contribution in [3.63, 3.8) is 0 Å². The number of benzene rings is 1. The van der Waals surface area contributed by atoms with Crippen molar-refractivity contribution < 1.29 is 4.79 Å². The van der Waals surface area contributed by atoms with Gasteiger partial charge in [0.15, 0.2) is 5.78 Å². The van der Waals surface area contributed by atoms with Gasteiger partial charge in [0.05, 0.1) is 5.52 Å². The molecule has 1 unspecified atom stereocenters. The summed E-state index contributed by atoms with van der Waals surface area (Å²) in [6, 6.07) is 9.78. The molecule has 2 rings (SSSR count). The van der Waals surface area contributed by atoms with Crippen LogP contribution in [-0.4, -0.2) is 10.8 Å². The zero-order valence-electron chi connectivity index (χ0n) is 11.7. The van der Waals surface area contributed by atoms with E-state index >= 15 is 0 Å². The number of ketones is 1. The lowest BCUT2D eigenvalue weighted by atomic mass is 9.90. The highest BCUT2D eigenvalue weighted by Crippen LogP contribution is 2.21. The zero-order valence-corrected chi connectivity index (χ0v) is 11.7. The normalized spacial score (nSPS) is 12.5. The van der Waals surface area contributed by atoms with Crippen LogP contribution in [0.2, 0.25) is 0 Å². The topological polar surface area (TPSA) is 30.0 Å². The van der Waals surface area contributed by atoms with Gasteiger partial charge >= 0.3 is 0 Å². The van der Waals surface area contributed by atoms with Crippen LogP contribution in [0.5, 0.6) is 0 Å². The highest BCUT2D eigenvalue weighted by molar-refractivity contribution is 6.00. The van der Waals surface area contributed by atoms with Gasteiger partial charge in [-0.1, -0.05) is 44.9 Å². The van der Waals surface area contributed by atoms with Crippen LogP contribution in [-0.2, 0) is 0 Å². The van der Waals surface area contributed by atoms with Crippen molar-refractivity contribution in [3.8, 4) is 0 Å². The quantitative estimate of drug-likeness (QED) is 0.704. The van der Waals surface area contributed by atoms with Crippen LogP contribution in [0, 0.1) is 5.92 Å². The second kappa shape index (κ2) is 6.46. The molecular weight excluding hydrogens is 234 g/mol. The molecule has 0 saturated carbocycles. The van der Waals surface area contributed by atoms with E-state index in [1.165, 1.54) is 0 Å². The Morgan fingerprint density at radius 1 is 1.26 bits per heavy atom. The molecule has 0 bridgehead atoms. The van der Waals surface area contributed by atoms with Gasteiger partial charge in [0, 0.05) is 23.1 Å². The predicted octanol–water partition coefficient (Wildman–Crippen LogP) is 4.63. The van der Waals surface area contributed by atoms with Crippen LogP contribution in [0.3, 0.4) is 0 Å². The molecule has 0 radical (unpaired) electrons. The van der Waals surface area contributed by atoms with Gasteiger partial charge in [0.25, 0.3) is 0 Å². The van der Waals surface area contributed by atoms with E-state index in [1.807, 2.05) is 30.3 Å². The molecule has 0 fully saturated rings. The van der Waals surface area contributed by atoms with Crippen LogP contribution in [0.25, 0.3) is 10.9 Å². The molecule has 100 valence electrons. The van der Waals surface area contributed by atoms with Gasteiger partial charge in [-0.2, -0.15) is 0 Å². The molecule has 1 atom stereocenters. The fourth-order valence-electron chi connectivity index (χ4n) is 2.43. The Kier molecular flexibility index (Phi) is 4.67. The minimum absolute atomic E-state index is 0.154. The first kappa shape index (κ1) is 13.7. The van der Waals surface area contributed by atoms with Crippen molar-refractivity contribution in [3.05, 3.63) is 42.1 Å². The summed E-state index contributed by atoms with van der Waals surface area (Å²) in [4.78, 5) is 16.8. The predicted molar refractivity (Wildman–Crippen MR) is 79.4 cm³/mol. The van der Waals surface area contributed by atoms with Gasteiger partial charge in [0.1, 0.15) is 0 Å². The number of carbonyl (C=O) groups is 1. The Labute approximate surface area is 114 Å². The van der Waals surface area contributed by atoms with Gasteiger partial charge in [0.2, 0.25) is 0 Å². The standard InChI is InChI=1S/C17H21NO/c1-3-5-7-13(4-2)17(19)15-10-9-14-8-6-11-18-16(14)12-15/h6,8-13H,3-5,7H2,1-2H3. The molecule has 0 aliphatic rings. The van der Waals surface area contributed by atoms with E-state index < -0.39 is 0 Å². The van der Waals surface area contributed by atoms with E-state index in [0.717, 1.165) is 42.1 Å². The smallest absolute Gasteiger partial charge is 0.166 e. The molecule has 1 aromatic heterocycles. The largest absolute Gasteiger partial charge is 0.294 e. The molecule has 2 heteroatoms. The lowest BCUT2D eigenvalue weighted by molar-refractivity contribution is 0.0908. The molecule has 0 N–H and O–H groups in total. The summed E-state index contributed by atoms with van der Waals surface area (Å²) in [7, 11) is 0. The van der Waals surface area contributed by atoms with Crippen molar-refractivity contribution in [1.82, 2.24) is 4.98 Å². The fraction of sp³-hybridized carbons (Fsp3) is 0.412. The Balaban J connectivity index is 2.24. The van der Waals surface area contributed by atoms with Gasteiger partial charge < -0.3 is 0 Å². The zero-order chi connectivity index (χ0) is 13.7. The van der Waals surface area contributed by atoms with Crippen molar-refractivity contribution >= 4 is 16.7 Å². The number of carbonyl (C=O) groups excluding carboxylic acids is 1. The number of nitrogens with zero attached hydrogens (tertiary/aromatic N) is 1. The van der Waals surface area contributed by atoms with Crippen LogP contribution >= 0.6 is 0 Å². The molecule has 0 spiro atoms. The molecule has 0 amide bonds. The number of rotatable bonds is 6. The fourth-order valence-corrected chi connectivity index (χ4v) is 2.43. The second-order valence-electron chi connectivity index (χ2n) is 5.02. The van der Waals surface area contributed by atoms with E-state index in [9.17, 15) is 4.79 Å². The van der Waals surface area contributed by atoms with E-state index in [2.05, 4.69) is 18.8 Å². The summed E-state index contributed by atoms with van der Waals surface area (Å²) < 4.78 is 0. The molecule has 19 heavy (non-hydrogen) atoms. The van der Waals surface area contributed by atoms with Crippen LogP contribution < -0.4 is 0 Å². The molecule has 1 aromatic carbocycles. The Hall–Kier alpha value is -1.70. The highest BCUT2D eigenvalue weighted by atomic mass is 16.1. The van der Waals surface area contributed by atoms with Crippen molar-refractivity contribution in [2.24, 2.45) is 5.92 Å². The SMILES string of the molecule is CCCCC(CC)C(=O)c1ccc2cccnc2c1. The van der Waals surface area contributed by atoms with Crippen LogP contribution in [0.15, 0.2) is 36.5 Å². The van der Waals surface area contributed by atoms with Crippen LogP contribution in [0.1, 0.15) is 49.9 Å². The van der Waals surface area contributed by atoms with Crippen molar-refractivity contribution in [2.75, 3.05) is 0 Å².